The van der Waals surface area contributed by atoms with Crippen molar-refractivity contribution >= 4 is 33.3 Å². The van der Waals surface area contributed by atoms with Crippen LogP contribution in [0.5, 0.6) is 0 Å². The third-order valence-electron chi connectivity index (χ3n) is 8.51. The van der Waals surface area contributed by atoms with Gasteiger partial charge in [0.15, 0.2) is 8.32 Å². The Labute approximate surface area is 234 Å². The van der Waals surface area contributed by atoms with Gasteiger partial charge in [0, 0.05) is 25.6 Å². The normalized spacial score (nSPS) is 16.5. The fraction of sp³-hybridized carbons (Fsp3) is 0.594. The van der Waals surface area contributed by atoms with Gasteiger partial charge in [0.2, 0.25) is 0 Å². The SMILES string of the molecule is CO[C@H](CCO[Si](c1ccccc1)(c1ccccc1)C(C)(C)C)[C@@H](C)[C@@H](O[Si](C)(C)C(C)(C)C)[C@H](C)C=O. The number of benzene rings is 2. The van der Waals surface area contributed by atoms with Gasteiger partial charge in [0.25, 0.3) is 8.32 Å². The highest BCUT2D eigenvalue weighted by Crippen LogP contribution is 2.40. The summed E-state index contributed by atoms with van der Waals surface area (Å²) in [5.41, 5.74) is 0. The minimum Gasteiger partial charge on any atom is -0.413 e. The van der Waals surface area contributed by atoms with Crippen LogP contribution in [0.1, 0.15) is 61.8 Å². The van der Waals surface area contributed by atoms with Crippen LogP contribution in [0.15, 0.2) is 60.7 Å². The minimum atomic E-state index is -2.62. The quantitative estimate of drug-likeness (QED) is 0.200. The molecule has 2 aromatic rings. The molecule has 0 aliphatic heterocycles. The van der Waals surface area contributed by atoms with Gasteiger partial charge in [-0.25, -0.2) is 0 Å². The first-order valence-corrected chi connectivity index (χ1v) is 18.8. The average Bonchev–Trinajstić information content (AvgIpc) is 2.86. The van der Waals surface area contributed by atoms with Crippen molar-refractivity contribution in [3.8, 4) is 0 Å². The van der Waals surface area contributed by atoms with Crippen molar-refractivity contribution in [3.05, 3.63) is 60.7 Å². The highest BCUT2D eigenvalue weighted by atomic mass is 28.4. The minimum absolute atomic E-state index is 0.0390. The molecule has 212 valence electrons. The topological polar surface area (TPSA) is 44.8 Å². The number of aldehydes is 1. The van der Waals surface area contributed by atoms with E-state index in [1.54, 1.807) is 7.11 Å². The maximum Gasteiger partial charge on any atom is 0.261 e. The molecule has 2 aromatic carbocycles. The van der Waals surface area contributed by atoms with Crippen LogP contribution >= 0.6 is 0 Å². The van der Waals surface area contributed by atoms with Gasteiger partial charge in [0.05, 0.1) is 12.2 Å². The molecule has 2 rings (SSSR count). The van der Waals surface area contributed by atoms with Gasteiger partial charge in [-0.15, -0.1) is 0 Å². The van der Waals surface area contributed by atoms with Crippen molar-refractivity contribution in [2.45, 2.75) is 97.2 Å². The van der Waals surface area contributed by atoms with Crippen molar-refractivity contribution in [2.24, 2.45) is 11.8 Å². The molecule has 6 heteroatoms. The predicted molar refractivity (Wildman–Crippen MR) is 165 cm³/mol. The van der Waals surface area contributed by atoms with Gasteiger partial charge in [-0.2, -0.15) is 0 Å². The maximum atomic E-state index is 11.9. The van der Waals surface area contributed by atoms with Gasteiger partial charge in [-0.05, 0) is 40.0 Å². The van der Waals surface area contributed by atoms with E-state index in [9.17, 15) is 4.79 Å². The highest BCUT2D eigenvalue weighted by Gasteiger charge is 2.50. The first kappa shape index (κ1) is 32.6. The predicted octanol–water partition coefficient (Wildman–Crippen LogP) is 6.83. The van der Waals surface area contributed by atoms with Crippen molar-refractivity contribution in [2.75, 3.05) is 13.7 Å². The monoisotopic (exact) mass is 556 g/mol. The molecule has 0 fully saturated rings. The summed E-state index contributed by atoms with van der Waals surface area (Å²) in [5, 5.41) is 2.52. The Morgan fingerprint density at radius 3 is 1.66 bits per heavy atom. The molecule has 0 aromatic heterocycles. The van der Waals surface area contributed by atoms with Gasteiger partial charge in [0.1, 0.15) is 6.29 Å². The fourth-order valence-corrected chi connectivity index (χ4v) is 11.2. The molecule has 0 aliphatic carbocycles. The number of methoxy groups -OCH3 is 1. The van der Waals surface area contributed by atoms with Crippen LogP contribution < -0.4 is 10.4 Å². The molecule has 0 N–H and O–H groups in total. The lowest BCUT2D eigenvalue weighted by molar-refractivity contribution is -0.116. The first-order chi connectivity index (χ1) is 17.6. The standard InChI is InChI=1S/C32H52O4Si2/c1-25(24-33)30(36-37(10,11)31(3,4)5)26(2)29(34-9)22-23-35-38(32(6,7)8,27-18-14-12-15-19-27)28-20-16-13-17-21-28/h12-21,24-26,29-30H,22-23H2,1-11H3/t25-,26-,29-,30+/m1/s1. The molecule has 0 saturated heterocycles. The molecular formula is C32H52O4Si2. The zero-order valence-electron chi connectivity index (χ0n) is 25.7. The number of carbonyl (C=O) groups excluding carboxylic acids is 1. The zero-order valence-corrected chi connectivity index (χ0v) is 27.7. The summed E-state index contributed by atoms with van der Waals surface area (Å²) in [5.74, 6) is -0.175. The largest absolute Gasteiger partial charge is 0.413 e. The van der Waals surface area contributed by atoms with Crippen molar-refractivity contribution in [1.29, 1.82) is 0 Å². The molecule has 0 aliphatic rings. The third-order valence-corrected chi connectivity index (χ3v) is 18.0. The second-order valence-electron chi connectivity index (χ2n) is 13.3. The van der Waals surface area contributed by atoms with Gasteiger partial charge in [-0.3, -0.25) is 0 Å². The van der Waals surface area contributed by atoms with Crippen LogP contribution in [0.2, 0.25) is 23.2 Å². The molecule has 0 heterocycles. The maximum absolute atomic E-state index is 11.9. The van der Waals surface area contributed by atoms with Crippen molar-refractivity contribution in [3.63, 3.8) is 0 Å². The van der Waals surface area contributed by atoms with E-state index >= 15 is 0 Å². The summed E-state index contributed by atoms with van der Waals surface area (Å²) in [6.45, 7) is 22.8. The van der Waals surface area contributed by atoms with Crippen LogP contribution in [-0.4, -0.2) is 48.8 Å². The Morgan fingerprint density at radius 1 is 0.816 bits per heavy atom. The van der Waals surface area contributed by atoms with E-state index in [1.165, 1.54) is 10.4 Å². The Kier molecular flexibility index (Phi) is 11.3. The Morgan fingerprint density at radius 2 is 1.29 bits per heavy atom. The molecular weight excluding hydrogens is 505 g/mol. The molecule has 0 radical (unpaired) electrons. The summed E-state index contributed by atoms with van der Waals surface area (Å²) in [6.07, 6.45) is 1.46. The number of ether oxygens (including phenoxy) is 1. The van der Waals surface area contributed by atoms with E-state index in [1.807, 2.05) is 6.92 Å². The van der Waals surface area contributed by atoms with Crippen molar-refractivity contribution < 1.29 is 18.4 Å². The molecule has 38 heavy (non-hydrogen) atoms. The lowest BCUT2D eigenvalue weighted by Crippen LogP contribution is -2.66. The fourth-order valence-electron chi connectivity index (χ4n) is 5.18. The number of carbonyl (C=O) groups is 1. The van der Waals surface area contributed by atoms with Crippen LogP contribution in [0.25, 0.3) is 0 Å². The zero-order chi connectivity index (χ0) is 28.8. The molecule has 4 nitrogen and oxygen atoms in total. The lowest BCUT2D eigenvalue weighted by atomic mass is 9.89. The van der Waals surface area contributed by atoms with Crippen LogP contribution in [0.3, 0.4) is 0 Å². The molecule has 0 unspecified atom stereocenters. The van der Waals surface area contributed by atoms with Gasteiger partial charge >= 0.3 is 0 Å². The summed E-state index contributed by atoms with van der Waals surface area (Å²) in [4.78, 5) is 11.9. The second kappa shape index (κ2) is 13.2. The average molecular weight is 557 g/mol. The summed E-state index contributed by atoms with van der Waals surface area (Å²) < 4.78 is 20.0. The second-order valence-corrected chi connectivity index (χ2v) is 22.3. The molecule has 4 atom stereocenters. The van der Waals surface area contributed by atoms with Gasteiger partial charge < -0.3 is 18.4 Å². The number of hydrogen-bond donors (Lipinski definition) is 0. The summed E-state index contributed by atoms with van der Waals surface area (Å²) >= 11 is 0. The molecule has 0 saturated carbocycles. The van der Waals surface area contributed by atoms with E-state index in [2.05, 4.69) is 122 Å². The first-order valence-electron chi connectivity index (χ1n) is 14.0. The van der Waals surface area contributed by atoms with Crippen LogP contribution in [-0.2, 0) is 18.4 Å². The van der Waals surface area contributed by atoms with Gasteiger partial charge in [-0.1, -0.05) is 116 Å². The Hall–Kier alpha value is -1.58. The van der Waals surface area contributed by atoms with Crippen LogP contribution in [0, 0.1) is 11.8 Å². The molecule has 0 bridgehead atoms. The van der Waals surface area contributed by atoms with E-state index < -0.39 is 16.6 Å². The number of hydrogen-bond acceptors (Lipinski definition) is 4. The molecule has 0 spiro atoms. The highest BCUT2D eigenvalue weighted by molar-refractivity contribution is 6.99. The van der Waals surface area contributed by atoms with E-state index in [-0.39, 0.29) is 34.1 Å². The van der Waals surface area contributed by atoms with Crippen LogP contribution in [0.4, 0.5) is 0 Å². The molecule has 0 amide bonds. The third kappa shape index (κ3) is 7.33. The van der Waals surface area contributed by atoms with Crippen molar-refractivity contribution in [1.82, 2.24) is 0 Å². The Bertz CT molecular complexity index is 941. The van der Waals surface area contributed by atoms with E-state index in [0.717, 1.165) is 12.7 Å². The smallest absolute Gasteiger partial charge is 0.261 e. The lowest BCUT2D eigenvalue weighted by Gasteiger charge is -2.44. The summed E-state index contributed by atoms with van der Waals surface area (Å²) in [6, 6.07) is 21.4. The number of rotatable bonds is 13. The van der Waals surface area contributed by atoms with E-state index in [0.29, 0.717) is 6.61 Å². The van der Waals surface area contributed by atoms with E-state index in [4.69, 9.17) is 13.6 Å². The summed E-state index contributed by atoms with van der Waals surface area (Å²) in [7, 11) is -2.94. The Balaban J connectivity index is 2.36.